The van der Waals surface area contributed by atoms with Crippen LogP contribution < -0.4 is 10.1 Å². The van der Waals surface area contributed by atoms with Crippen LogP contribution >= 0.6 is 22.9 Å². The first-order valence-corrected chi connectivity index (χ1v) is 9.56. The summed E-state index contributed by atoms with van der Waals surface area (Å²) in [4.78, 5) is 18.3. The highest BCUT2D eigenvalue weighted by atomic mass is 35.5. The zero-order chi connectivity index (χ0) is 18.2. The Balaban J connectivity index is 1.80. The molecule has 1 heterocycles. The van der Waals surface area contributed by atoms with E-state index in [2.05, 4.69) is 10.3 Å². The van der Waals surface area contributed by atoms with E-state index in [1.807, 2.05) is 31.4 Å². The number of aryl methyl sites for hydroxylation is 2. The Morgan fingerprint density at radius 1 is 1.44 bits per heavy atom. The molecule has 7 heteroatoms. The maximum Gasteiger partial charge on any atom is 0.317 e. The number of ether oxygens (including phenoxy) is 1. The average molecular weight is 382 g/mol. The fourth-order valence-corrected chi connectivity index (χ4v) is 3.40. The summed E-state index contributed by atoms with van der Waals surface area (Å²) in [6.45, 7) is 5.55. The zero-order valence-electron chi connectivity index (χ0n) is 14.8. The molecule has 0 fully saturated rings. The molecule has 0 saturated heterocycles. The smallest absolute Gasteiger partial charge is 0.317 e. The molecule has 0 bridgehead atoms. The Bertz CT molecular complexity index is 705. The van der Waals surface area contributed by atoms with E-state index >= 15 is 0 Å². The van der Waals surface area contributed by atoms with Crippen LogP contribution in [0.5, 0.6) is 5.75 Å². The van der Waals surface area contributed by atoms with Crippen LogP contribution in [0.15, 0.2) is 23.6 Å². The van der Waals surface area contributed by atoms with Crippen molar-refractivity contribution in [1.29, 1.82) is 0 Å². The van der Waals surface area contributed by atoms with Gasteiger partial charge in [-0.3, -0.25) is 0 Å². The predicted octanol–water partition coefficient (Wildman–Crippen LogP) is 4.28. The molecule has 0 spiro atoms. The van der Waals surface area contributed by atoms with Crippen LogP contribution in [-0.4, -0.2) is 36.1 Å². The van der Waals surface area contributed by atoms with Crippen LogP contribution in [0.25, 0.3) is 0 Å². The molecule has 0 atom stereocenters. The number of urea groups is 1. The number of hydrogen-bond acceptors (Lipinski definition) is 4. The Labute approximate surface area is 158 Å². The third-order valence-corrected chi connectivity index (χ3v) is 4.85. The molecule has 25 heavy (non-hydrogen) atoms. The summed E-state index contributed by atoms with van der Waals surface area (Å²) >= 11 is 7.73. The standard InChI is InChI=1S/C18H24ClN3O2S/c1-4-24-16-8-7-15(19)10-14(16)11-22(3)18(23)20-9-5-6-17-21-13(2)12-25-17/h7-8,10,12H,4-6,9,11H2,1-3H3,(H,20,23). The monoisotopic (exact) mass is 381 g/mol. The number of benzene rings is 1. The molecule has 0 aliphatic carbocycles. The Hall–Kier alpha value is -1.79. The summed E-state index contributed by atoms with van der Waals surface area (Å²) in [7, 11) is 1.76. The van der Waals surface area contributed by atoms with Crippen molar-refractivity contribution in [2.45, 2.75) is 33.2 Å². The van der Waals surface area contributed by atoms with Crippen LogP contribution in [-0.2, 0) is 13.0 Å². The number of nitrogens with one attached hydrogen (secondary N) is 1. The van der Waals surface area contributed by atoms with E-state index < -0.39 is 0 Å². The lowest BCUT2D eigenvalue weighted by Gasteiger charge is -2.20. The summed E-state index contributed by atoms with van der Waals surface area (Å²) in [6.07, 6.45) is 1.75. The number of carbonyl (C=O) groups excluding carboxylic acids is 1. The second-order valence-corrected chi connectivity index (χ2v) is 7.14. The van der Waals surface area contributed by atoms with Crippen molar-refractivity contribution < 1.29 is 9.53 Å². The van der Waals surface area contributed by atoms with E-state index in [-0.39, 0.29) is 6.03 Å². The number of nitrogens with zero attached hydrogens (tertiary/aromatic N) is 2. The van der Waals surface area contributed by atoms with E-state index in [4.69, 9.17) is 16.3 Å². The van der Waals surface area contributed by atoms with E-state index in [1.165, 1.54) is 0 Å². The van der Waals surface area contributed by atoms with Gasteiger partial charge in [0, 0.05) is 41.7 Å². The second kappa shape index (κ2) is 9.63. The number of halogens is 1. The topological polar surface area (TPSA) is 54.5 Å². The van der Waals surface area contributed by atoms with Gasteiger partial charge in [0.2, 0.25) is 0 Å². The fraction of sp³-hybridized carbons (Fsp3) is 0.444. The lowest BCUT2D eigenvalue weighted by molar-refractivity contribution is 0.206. The molecule has 2 rings (SSSR count). The maximum atomic E-state index is 12.2. The lowest BCUT2D eigenvalue weighted by Crippen LogP contribution is -2.37. The predicted molar refractivity (Wildman–Crippen MR) is 103 cm³/mol. The van der Waals surface area contributed by atoms with Crippen molar-refractivity contribution >= 4 is 29.0 Å². The largest absolute Gasteiger partial charge is 0.494 e. The minimum atomic E-state index is -0.113. The third-order valence-electron chi connectivity index (χ3n) is 3.59. The molecule has 1 aromatic carbocycles. The van der Waals surface area contributed by atoms with Gasteiger partial charge in [0.05, 0.1) is 18.2 Å². The molecular weight excluding hydrogens is 358 g/mol. The summed E-state index contributed by atoms with van der Waals surface area (Å²) < 4.78 is 5.60. The molecule has 0 unspecified atom stereocenters. The molecule has 1 aromatic heterocycles. The number of thiazole rings is 1. The molecule has 0 aliphatic rings. The zero-order valence-corrected chi connectivity index (χ0v) is 16.4. The SMILES string of the molecule is CCOc1ccc(Cl)cc1CN(C)C(=O)NCCCc1nc(C)cs1. The van der Waals surface area contributed by atoms with Gasteiger partial charge in [-0.1, -0.05) is 11.6 Å². The molecule has 0 saturated carbocycles. The van der Waals surface area contributed by atoms with Gasteiger partial charge in [0.25, 0.3) is 0 Å². The molecular formula is C18H24ClN3O2S. The first kappa shape index (κ1) is 19.5. The van der Waals surface area contributed by atoms with Crippen LogP contribution in [0.1, 0.15) is 29.6 Å². The first-order chi connectivity index (χ1) is 12.0. The van der Waals surface area contributed by atoms with Crippen LogP contribution in [0.4, 0.5) is 4.79 Å². The molecule has 0 aliphatic heterocycles. The van der Waals surface area contributed by atoms with Gasteiger partial charge in [0.1, 0.15) is 5.75 Å². The van der Waals surface area contributed by atoms with E-state index in [1.54, 1.807) is 29.4 Å². The summed E-state index contributed by atoms with van der Waals surface area (Å²) in [5.74, 6) is 0.755. The molecule has 1 N–H and O–H groups in total. The van der Waals surface area contributed by atoms with Gasteiger partial charge in [-0.05, 0) is 38.5 Å². The van der Waals surface area contributed by atoms with Crippen molar-refractivity contribution in [3.8, 4) is 5.75 Å². The van der Waals surface area contributed by atoms with E-state index in [9.17, 15) is 4.79 Å². The molecule has 136 valence electrons. The van der Waals surface area contributed by atoms with Crippen LogP contribution in [0, 0.1) is 6.92 Å². The summed E-state index contributed by atoms with van der Waals surface area (Å²) in [5.41, 5.74) is 1.95. The molecule has 2 amide bonds. The van der Waals surface area contributed by atoms with Crippen molar-refractivity contribution in [3.05, 3.63) is 44.9 Å². The number of carbonyl (C=O) groups is 1. The Morgan fingerprint density at radius 2 is 2.24 bits per heavy atom. The highest BCUT2D eigenvalue weighted by Gasteiger charge is 2.12. The number of amides is 2. The minimum Gasteiger partial charge on any atom is -0.494 e. The molecule has 2 aromatic rings. The number of hydrogen-bond donors (Lipinski definition) is 1. The van der Waals surface area contributed by atoms with Gasteiger partial charge in [-0.15, -0.1) is 11.3 Å². The Kier molecular flexibility index (Phi) is 7.52. The fourth-order valence-electron chi connectivity index (χ4n) is 2.38. The van der Waals surface area contributed by atoms with Crippen molar-refractivity contribution in [2.24, 2.45) is 0 Å². The molecule has 5 nitrogen and oxygen atoms in total. The normalized spacial score (nSPS) is 10.6. The maximum absolute atomic E-state index is 12.2. The first-order valence-electron chi connectivity index (χ1n) is 8.30. The quantitative estimate of drug-likeness (QED) is 0.694. The van der Waals surface area contributed by atoms with Crippen molar-refractivity contribution in [1.82, 2.24) is 15.2 Å². The molecule has 0 radical (unpaired) electrons. The highest BCUT2D eigenvalue weighted by molar-refractivity contribution is 7.09. The van der Waals surface area contributed by atoms with Gasteiger partial charge >= 0.3 is 6.03 Å². The second-order valence-electron chi connectivity index (χ2n) is 5.76. The van der Waals surface area contributed by atoms with Crippen molar-refractivity contribution in [3.63, 3.8) is 0 Å². The Morgan fingerprint density at radius 3 is 2.92 bits per heavy atom. The minimum absolute atomic E-state index is 0.113. The summed E-state index contributed by atoms with van der Waals surface area (Å²) in [5, 5.41) is 6.72. The lowest BCUT2D eigenvalue weighted by atomic mass is 10.2. The van der Waals surface area contributed by atoms with Crippen LogP contribution in [0.3, 0.4) is 0 Å². The van der Waals surface area contributed by atoms with E-state index in [0.717, 1.165) is 34.9 Å². The van der Waals surface area contributed by atoms with Gasteiger partial charge < -0.3 is 15.0 Å². The number of aromatic nitrogens is 1. The number of rotatable bonds is 8. The highest BCUT2D eigenvalue weighted by Crippen LogP contribution is 2.24. The van der Waals surface area contributed by atoms with Crippen LogP contribution in [0.2, 0.25) is 5.02 Å². The van der Waals surface area contributed by atoms with Gasteiger partial charge in [-0.2, -0.15) is 0 Å². The summed E-state index contributed by atoms with van der Waals surface area (Å²) in [6, 6.07) is 5.35. The van der Waals surface area contributed by atoms with Gasteiger partial charge in [0.15, 0.2) is 0 Å². The van der Waals surface area contributed by atoms with Gasteiger partial charge in [-0.25, -0.2) is 9.78 Å². The average Bonchev–Trinajstić information content (AvgIpc) is 2.99. The van der Waals surface area contributed by atoms with Crippen molar-refractivity contribution in [2.75, 3.05) is 20.2 Å². The van der Waals surface area contributed by atoms with E-state index in [0.29, 0.717) is 24.7 Å². The third kappa shape index (κ3) is 6.21.